The van der Waals surface area contributed by atoms with Crippen LogP contribution in [0.3, 0.4) is 0 Å². The van der Waals surface area contributed by atoms with E-state index in [0.29, 0.717) is 12.8 Å². The van der Waals surface area contributed by atoms with Crippen LogP contribution >= 0.6 is 0 Å². The summed E-state index contributed by atoms with van der Waals surface area (Å²) in [5.41, 5.74) is -0.192. The highest BCUT2D eigenvalue weighted by molar-refractivity contribution is 5.72. The molecule has 2 aliphatic carbocycles. The van der Waals surface area contributed by atoms with E-state index in [1.165, 1.54) is 0 Å². The van der Waals surface area contributed by atoms with Crippen molar-refractivity contribution in [2.45, 2.75) is 84.5 Å². The number of rotatable bonds is 2. The molecule has 4 heteroatoms. The van der Waals surface area contributed by atoms with Crippen LogP contribution in [0.4, 0.5) is 0 Å². The van der Waals surface area contributed by atoms with Gasteiger partial charge in [-0.2, -0.15) is 0 Å². The second kappa shape index (κ2) is 5.34. The van der Waals surface area contributed by atoms with Crippen LogP contribution in [0, 0.1) is 11.3 Å². The lowest BCUT2D eigenvalue weighted by atomic mass is 9.73. The van der Waals surface area contributed by atoms with Crippen molar-refractivity contribution in [3.05, 3.63) is 11.1 Å². The molecule has 22 heavy (non-hydrogen) atoms. The van der Waals surface area contributed by atoms with Gasteiger partial charge in [0.15, 0.2) is 0 Å². The summed E-state index contributed by atoms with van der Waals surface area (Å²) < 4.78 is 5.38. The van der Waals surface area contributed by atoms with Gasteiger partial charge in [0.1, 0.15) is 5.60 Å². The molecule has 0 heterocycles. The third kappa shape index (κ3) is 3.23. The Morgan fingerprint density at radius 1 is 1.36 bits per heavy atom. The average Bonchev–Trinajstić information content (AvgIpc) is 2.55. The van der Waals surface area contributed by atoms with Crippen molar-refractivity contribution in [3.63, 3.8) is 0 Å². The van der Waals surface area contributed by atoms with E-state index < -0.39 is 17.3 Å². The number of carbonyl (C=O) groups is 1. The summed E-state index contributed by atoms with van der Waals surface area (Å²) in [4.78, 5) is 12.2. The van der Waals surface area contributed by atoms with Gasteiger partial charge in [0.25, 0.3) is 0 Å². The largest absolute Gasteiger partial charge is 0.460 e. The monoisotopic (exact) mass is 310 g/mol. The van der Waals surface area contributed by atoms with E-state index in [1.807, 2.05) is 34.6 Å². The van der Waals surface area contributed by atoms with Crippen LogP contribution in [0.1, 0.15) is 67.2 Å². The van der Waals surface area contributed by atoms with E-state index in [4.69, 9.17) is 4.74 Å². The standard InChI is InChI=1S/C18H30O4/c1-11-7-8-18(21,10-13(19)22-16(2,3)4)12-9-17(5,6)15(20)14(11)12/h11,15,20-21H,7-10H2,1-6H3/t11-,15+,18+/m1/s1. The third-order valence-corrected chi connectivity index (χ3v) is 4.96. The summed E-state index contributed by atoms with van der Waals surface area (Å²) in [5, 5.41) is 21.7. The maximum Gasteiger partial charge on any atom is 0.309 e. The van der Waals surface area contributed by atoms with Gasteiger partial charge in [-0.3, -0.25) is 4.79 Å². The third-order valence-electron chi connectivity index (χ3n) is 4.96. The zero-order valence-corrected chi connectivity index (χ0v) is 14.7. The van der Waals surface area contributed by atoms with Crippen LogP contribution in [0.2, 0.25) is 0 Å². The van der Waals surface area contributed by atoms with Crippen LogP contribution in [-0.2, 0) is 9.53 Å². The maximum atomic E-state index is 12.2. The van der Waals surface area contributed by atoms with Gasteiger partial charge in [-0.15, -0.1) is 0 Å². The molecule has 0 spiro atoms. The Hall–Kier alpha value is -0.870. The van der Waals surface area contributed by atoms with Gasteiger partial charge in [-0.25, -0.2) is 0 Å². The summed E-state index contributed by atoms with van der Waals surface area (Å²) in [6.45, 7) is 11.6. The Labute approximate surface area is 133 Å². The van der Waals surface area contributed by atoms with E-state index in [1.54, 1.807) is 0 Å². The van der Waals surface area contributed by atoms with Gasteiger partial charge in [0, 0.05) is 0 Å². The molecular formula is C18H30O4. The molecule has 0 radical (unpaired) electrons. The molecule has 0 unspecified atom stereocenters. The second-order valence-electron chi connectivity index (χ2n) is 8.74. The molecule has 0 aromatic heterocycles. The lowest BCUT2D eigenvalue weighted by Gasteiger charge is -2.37. The highest BCUT2D eigenvalue weighted by Gasteiger charge is 2.51. The fraction of sp³-hybridized carbons (Fsp3) is 0.833. The minimum atomic E-state index is -1.17. The first-order valence-corrected chi connectivity index (χ1v) is 8.21. The lowest BCUT2D eigenvalue weighted by molar-refractivity contribution is -0.159. The molecule has 2 aliphatic rings. The van der Waals surface area contributed by atoms with Gasteiger partial charge in [-0.1, -0.05) is 20.8 Å². The quantitative estimate of drug-likeness (QED) is 0.608. The minimum Gasteiger partial charge on any atom is -0.460 e. The minimum absolute atomic E-state index is 0.0291. The Balaban J connectivity index is 2.27. The molecule has 0 aliphatic heterocycles. The van der Waals surface area contributed by atoms with Crippen molar-refractivity contribution in [3.8, 4) is 0 Å². The smallest absolute Gasteiger partial charge is 0.309 e. The van der Waals surface area contributed by atoms with Gasteiger partial charge in [0.2, 0.25) is 0 Å². The number of ether oxygens (including phenoxy) is 1. The highest BCUT2D eigenvalue weighted by Crippen LogP contribution is 2.53. The predicted molar refractivity (Wildman–Crippen MR) is 85.2 cm³/mol. The Morgan fingerprint density at radius 2 is 1.95 bits per heavy atom. The summed E-state index contributed by atoms with van der Waals surface area (Å²) >= 11 is 0. The molecule has 0 aromatic rings. The topological polar surface area (TPSA) is 66.8 Å². The summed E-state index contributed by atoms with van der Waals surface area (Å²) in [5.74, 6) is -0.124. The van der Waals surface area contributed by atoms with Crippen LogP contribution < -0.4 is 0 Å². The average molecular weight is 310 g/mol. The van der Waals surface area contributed by atoms with E-state index in [-0.39, 0.29) is 23.7 Å². The summed E-state index contributed by atoms with van der Waals surface area (Å²) in [7, 11) is 0. The molecule has 2 N–H and O–H groups in total. The molecule has 0 fully saturated rings. The number of carbonyl (C=O) groups excluding carboxylic acids is 1. The Bertz CT molecular complexity index is 498. The normalized spacial score (nSPS) is 34.5. The molecular weight excluding hydrogens is 280 g/mol. The van der Waals surface area contributed by atoms with E-state index in [2.05, 4.69) is 6.92 Å². The summed E-state index contributed by atoms with van der Waals surface area (Å²) in [6, 6.07) is 0. The fourth-order valence-electron chi connectivity index (χ4n) is 3.81. The first-order chi connectivity index (χ1) is 9.86. The first kappa shape index (κ1) is 17.5. The number of esters is 1. The lowest BCUT2D eigenvalue weighted by Crippen LogP contribution is -2.40. The first-order valence-electron chi connectivity index (χ1n) is 8.21. The van der Waals surface area contributed by atoms with E-state index >= 15 is 0 Å². The number of hydrogen-bond acceptors (Lipinski definition) is 4. The highest BCUT2D eigenvalue weighted by atomic mass is 16.6. The predicted octanol–water partition coefficient (Wildman–Crippen LogP) is 2.97. The van der Waals surface area contributed by atoms with Gasteiger partial charge in [-0.05, 0) is 62.5 Å². The van der Waals surface area contributed by atoms with Crippen molar-refractivity contribution in [2.24, 2.45) is 11.3 Å². The number of aliphatic hydroxyl groups is 2. The molecule has 126 valence electrons. The molecule has 0 saturated heterocycles. The zero-order valence-electron chi connectivity index (χ0n) is 14.7. The molecule has 2 rings (SSSR count). The number of aliphatic hydroxyl groups excluding tert-OH is 1. The van der Waals surface area contributed by atoms with Crippen molar-refractivity contribution in [2.75, 3.05) is 0 Å². The fourth-order valence-corrected chi connectivity index (χ4v) is 3.81. The summed E-state index contributed by atoms with van der Waals surface area (Å²) in [6.07, 6.45) is 1.40. The van der Waals surface area contributed by atoms with Crippen LogP contribution in [0.25, 0.3) is 0 Å². The molecule has 4 nitrogen and oxygen atoms in total. The van der Waals surface area contributed by atoms with E-state index in [9.17, 15) is 15.0 Å². The van der Waals surface area contributed by atoms with Gasteiger partial charge in [0.05, 0.1) is 18.1 Å². The Kier molecular flexibility index (Phi) is 4.25. The van der Waals surface area contributed by atoms with Crippen molar-refractivity contribution in [1.29, 1.82) is 0 Å². The molecule has 0 bridgehead atoms. The maximum absolute atomic E-state index is 12.2. The van der Waals surface area contributed by atoms with Crippen LogP contribution in [-0.4, -0.2) is 33.5 Å². The molecule has 0 saturated carbocycles. The number of hydrogen-bond donors (Lipinski definition) is 2. The van der Waals surface area contributed by atoms with E-state index in [0.717, 1.165) is 17.6 Å². The molecule has 0 aromatic carbocycles. The molecule has 3 atom stereocenters. The second-order valence-corrected chi connectivity index (χ2v) is 8.74. The SMILES string of the molecule is C[C@@H]1CC[C@](O)(CC(=O)OC(C)(C)C)C2=C1[C@H](O)C(C)(C)C2. The zero-order chi connectivity index (χ0) is 16.9. The van der Waals surface area contributed by atoms with Crippen LogP contribution in [0.15, 0.2) is 11.1 Å². The van der Waals surface area contributed by atoms with Crippen molar-refractivity contribution < 1.29 is 19.7 Å². The van der Waals surface area contributed by atoms with Gasteiger partial charge >= 0.3 is 5.97 Å². The van der Waals surface area contributed by atoms with Crippen molar-refractivity contribution >= 4 is 5.97 Å². The van der Waals surface area contributed by atoms with Gasteiger partial charge < -0.3 is 14.9 Å². The molecule has 0 amide bonds. The Morgan fingerprint density at radius 3 is 2.50 bits per heavy atom. The van der Waals surface area contributed by atoms with Crippen molar-refractivity contribution in [1.82, 2.24) is 0 Å². The van der Waals surface area contributed by atoms with Crippen LogP contribution in [0.5, 0.6) is 0 Å².